The van der Waals surface area contributed by atoms with Crippen LogP contribution in [0.4, 0.5) is 13.2 Å². The Hall–Kier alpha value is -1.57. The van der Waals surface area contributed by atoms with E-state index in [1.54, 1.807) is 6.07 Å². The van der Waals surface area contributed by atoms with Gasteiger partial charge < -0.3 is 0 Å². The summed E-state index contributed by atoms with van der Waals surface area (Å²) in [6, 6.07) is 2.77. The number of hydrogen-bond acceptors (Lipinski definition) is 2. The van der Waals surface area contributed by atoms with Gasteiger partial charge in [0.1, 0.15) is 31.8 Å². The highest BCUT2D eigenvalue weighted by Gasteiger charge is 2.11. The van der Waals surface area contributed by atoms with E-state index in [2.05, 4.69) is 4.98 Å². The first-order valence-electron chi connectivity index (χ1n) is 3.86. The largest absolute Gasteiger partial charge is 0.246 e. The molecule has 0 unspecified atom stereocenters. The lowest BCUT2D eigenvalue weighted by atomic mass is 10.1. The van der Waals surface area contributed by atoms with Crippen LogP contribution in [-0.2, 0) is 20.0 Å². The van der Waals surface area contributed by atoms with E-state index in [4.69, 9.17) is 5.26 Å². The number of rotatable bonds is 3. The van der Waals surface area contributed by atoms with Crippen LogP contribution in [0, 0.1) is 11.3 Å². The highest BCUT2D eigenvalue weighted by Crippen LogP contribution is 2.16. The molecule has 2 nitrogen and oxygen atoms in total. The average molecular weight is 200 g/mol. The van der Waals surface area contributed by atoms with E-state index >= 15 is 0 Å². The van der Waals surface area contributed by atoms with Crippen LogP contribution in [0.5, 0.6) is 0 Å². The third kappa shape index (κ3) is 1.84. The maximum absolute atomic E-state index is 12.3. The van der Waals surface area contributed by atoms with Gasteiger partial charge in [0.2, 0.25) is 0 Å². The zero-order valence-corrected chi connectivity index (χ0v) is 7.23. The maximum atomic E-state index is 12.3. The molecule has 0 bridgehead atoms. The third-order valence-electron chi connectivity index (χ3n) is 1.79. The van der Waals surface area contributed by atoms with Gasteiger partial charge in [-0.15, -0.1) is 0 Å². The first-order chi connectivity index (χ1) is 6.76. The molecular weight excluding hydrogens is 193 g/mol. The van der Waals surface area contributed by atoms with Crippen LogP contribution >= 0.6 is 0 Å². The molecule has 0 N–H and O–H groups in total. The third-order valence-corrected chi connectivity index (χ3v) is 1.79. The van der Waals surface area contributed by atoms with Crippen molar-refractivity contribution in [1.82, 2.24) is 4.98 Å². The minimum absolute atomic E-state index is 0.000787. The van der Waals surface area contributed by atoms with E-state index in [1.165, 1.54) is 0 Å². The van der Waals surface area contributed by atoms with Gasteiger partial charge in [-0.25, -0.2) is 18.2 Å². The zero-order valence-electron chi connectivity index (χ0n) is 7.23. The first-order valence-corrected chi connectivity index (χ1v) is 3.86. The van der Waals surface area contributed by atoms with Crippen molar-refractivity contribution in [3.63, 3.8) is 0 Å². The number of halogens is 3. The Kier molecular flexibility index (Phi) is 3.46. The van der Waals surface area contributed by atoms with Gasteiger partial charge in [-0.1, -0.05) is 0 Å². The number of nitrogens with zero attached hydrogens (tertiary/aromatic N) is 2. The molecule has 0 fully saturated rings. The topological polar surface area (TPSA) is 36.7 Å². The normalized spacial score (nSPS) is 9.86. The number of pyridine rings is 1. The summed E-state index contributed by atoms with van der Waals surface area (Å²) >= 11 is 0. The van der Waals surface area contributed by atoms with Gasteiger partial charge in [-0.3, -0.25) is 0 Å². The molecule has 0 aliphatic carbocycles. The van der Waals surface area contributed by atoms with Crippen LogP contribution in [0.2, 0.25) is 0 Å². The molecule has 0 saturated heterocycles. The maximum Gasteiger partial charge on any atom is 0.146 e. The van der Waals surface area contributed by atoms with Gasteiger partial charge in [-0.05, 0) is 6.07 Å². The SMILES string of the molecule is N#Cc1nc(CF)c(CF)cc1CF. The first kappa shape index (κ1) is 10.5. The lowest BCUT2D eigenvalue weighted by molar-refractivity contribution is 0.441. The molecule has 1 aromatic rings. The summed E-state index contributed by atoms with van der Waals surface area (Å²) in [7, 11) is 0. The monoisotopic (exact) mass is 200 g/mol. The van der Waals surface area contributed by atoms with Crippen molar-refractivity contribution >= 4 is 0 Å². The van der Waals surface area contributed by atoms with Crippen molar-refractivity contribution < 1.29 is 13.2 Å². The number of hydrogen-bond donors (Lipinski definition) is 0. The van der Waals surface area contributed by atoms with Crippen LogP contribution in [0.15, 0.2) is 6.07 Å². The Bertz CT molecular complexity index is 371. The van der Waals surface area contributed by atoms with Crippen molar-refractivity contribution in [1.29, 1.82) is 5.26 Å². The molecule has 0 aliphatic rings. The zero-order chi connectivity index (χ0) is 10.6. The Morgan fingerprint density at radius 1 is 1.14 bits per heavy atom. The second kappa shape index (κ2) is 4.61. The van der Waals surface area contributed by atoms with Crippen LogP contribution in [0.3, 0.4) is 0 Å². The van der Waals surface area contributed by atoms with Crippen molar-refractivity contribution in [2.24, 2.45) is 0 Å². The molecule has 0 spiro atoms. The smallest absolute Gasteiger partial charge is 0.146 e. The standard InChI is InChI=1S/C9H7F3N2/c10-2-6-1-7(3-11)9(5-13)14-8(6)4-12/h1H,2-4H2. The van der Waals surface area contributed by atoms with E-state index in [0.29, 0.717) is 0 Å². The molecule has 14 heavy (non-hydrogen) atoms. The summed E-state index contributed by atoms with van der Waals surface area (Å²) in [4.78, 5) is 3.54. The molecular formula is C9H7F3N2. The molecule has 5 heteroatoms. The fraction of sp³-hybridized carbons (Fsp3) is 0.333. The number of alkyl halides is 3. The number of aromatic nitrogens is 1. The van der Waals surface area contributed by atoms with Gasteiger partial charge in [0.15, 0.2) is 0 Å². The van der Waals surface area contributed by atoms with Gasteiger partial charge in [0.05, 0.1) is 5.69 Å². The van der Waals surface area contributed by atoms with Gasteiger partial charge >= 0.3 is 0 Å². The highest BCUT2D eigenvalue weighted by molar-refractivity contribution is 5.36. The molecule has 0 aliphatic heterocycles. The molecule has 1 rings (SSSR count). The summed E-state index contributed by atoms with van der Waals surface area (Å²) < 4.78 is 36.9. The second-order valence-corrected chi connectivity index (χ2v) is 2.61. The van der Waals surface area contributed by atoms with Crippen LogP contribution in [0.1, 0.15) is 22.5 Å². The van der Waals surface area contributed by atoms with Crippen molar-refractivity contribution in [2.75, 3.05) is 0 Å². The predicted octanol–water partition coefficient (Wildman–Crippen LogP) is 2.36. The molecule has 0 amide bonds. The second-order valence-electron chi connectivity index (χ2n) is 2.61. The minimum atomic E-state index is -0.958. The van der Waals surface area contributed by atoms with Crippen molar-refractivity contribution in [3.8, 4) is 6.07 Å². The van der Waals surface area contributed by atoms with Gasteiger partial charge in [0, 0.05) is 11.1 Å². The molecule has 1 heterocycles. The Labute approximate surface area is 79.0 Å². The lowest BCUT2D eigenvalue weighted by Crippen LogP contribution is -2.01. The van der Waals surface area contributed by atoms with Gasteiger partial charge in [-0.2, -0.15) is 5.26 Å². The van der Waals surface area contributed by atoms with E-state index in [0.717, 1.165) is 6.07 Å². The molecule has 0 aromatic carbocycles. The van der Waals surface area contributed by atoms with Crippen LogP contribution in [-0.4, -0.2) is 4.98 Å². The Morgan fingerprint density at radius 2 is 1.79 bits per heavy atom. The van der Waals surface area contributed by atoms with E-state index in [1.807, 2.05) is 0 Å². The van der Waals surface area contributed by atoms with E-state index < -0.39 is 20.0 Å². The summed E-state index contributed by atoms with van der Waals surface area (Å²) in [6.07, 6.45) is 0. The molecule has 1 aromatic heterocycles. The Morgan fingerprint density at radius 3 is 2.21 bits per heavy atom. The highest BCUT2D eigenvalue weighted by atomic mass is 19.1. The fourth-order valence-corrected chi connectivity index (χ4v) is 1.07. The van der Waals surface area contributed by atoms with Crippen molar-refractivity contribution in [3.05, 3.63) is 28.6 Å². The molecule has 0 saturated carbocycles. The van der Waals surface area contributed by atoms with E-state index in [9.17, 15) is 13.2 Å². The van der Waals surface area contributed by atoms with Crippen molar-refractivity contribution in [2.45, 2.75) is 20.0 Å². The molecule has 74 valence electrons. The lowest BCUT2D eigenvalue weighted by Gasteiger charge is -2.05. The van der Waals surface area contributed by atoms with Gasteiger partial charge in [0.25, 0.3) is 0 Å². The average Bonchev–Trinajstić information content (AvgIpc) is 2.26. The van der Waals surface area contributed by atoms with Crippen LogP contribution in [0.25, 0.3) is 0 Å². The quantitative estimate of drug-likeness (QED) is 0.750. The van der Waals surface area contributed by atoms with E-state index in [-0.39, 0.29) is 22.5 Å². The number of nitriles is 1. The fourth-order valence-electron chi connectivity index (χ4n) is 1.07. The Balaban J connectivity index is 3.30. The summed E-state index contributed by atoms with van der Waals surface area (Å²) in [5, 5.41) is 8.54. The minimum Gasteiger partial charge on any atom is -0.246 e. The molecule has 0 radical (unpaired) electrons. The summed E-state index contributed by atoms with van der Waals surface area (Å²) in [6.45, 7) is -2.78. The predicted molar refractivity (Wildman–Crippen MR) is 43.4 cm³/mol. The van der Waals surface area contributed by atoms with Crippen LogP contribution < -0.4 is 0 Å². The summed E-state index contributed by atoms with van der Waals surface area (Å²) in [5.74, 6) is 0. The molecule has 0 atom stereocenters. The summed E-state index contributed by atoms with van der Waals surface area (Å²) in [5.41, 5.74) is -0.324.